The van der Waals surface area contributed by atoms with Gasteiger partial charge in [0.05, 0.1) is 23.9 Å². The molecule has 2 heterocycles. The molecule has 0 atom stereocenters. The standard InChI is InChI=1S/C27H28N4O3/c1-16-9-11-23(34-5)21(13-16)22(32)10-12-26(33)28-25-15-19(4)30-31(25)24-14-18(3)20-8-6-7-17(2)27(20)29-24/h6-9,11,13-15H,10,12H2,1-5H3,(H,28,33). The van der Waals surface area contributed by atoms with Gasteiger partial charge in [-0.2, -0.15) is 9.78 Å². The Morgan fingerprint density at radius 1 is 0.971 bits per heavy atom. The van der Waals surface area contributed by atoms with Gasteiger partial charge in [-0.05, 0) is 57.0 Å². The third kappa shape index (κ3) is 4.69. The summed E-state index contributed by atoms with van der Waals surface area (Å²) in [6.07, 6.45) is 0.120. The third-order valence-electron chi connectivity index (χ3n) is 5.79. The van der Waals surface area contributed by atoms with Gasteiger partial charge in [0.15, 0.2) is 11.6 Å². The monoisotopic (exact) mass is 456 g/mol. The lowest BCUT2D eigenvalue weighted by Crippen LogP contribution is -2.17. The van der Waals surface area contributed by atoms with Gasteiger partial charge < -0.3 is 10.1 Å². The van der Waals surface area contributed by atoms with Gasteiger partial charge in [-0.1, -0.05) is 29.8 Å². The summed E-state index contributed by atoms with van der Waals surface area (Å²) < 4.78 is 6.94. The molecule has 1 amide bonds. The third-order valence-corrected chi connectivity index (χ3v) is 5.79. The number of rotatable bonds is 7. The molecule has 4 aromatic rings. The number of pyridine rings is 1. The number of Topliss-reactive ketones (excluding diaryl/α,β-unsaturated/α-hetero) is 1. The number of methoxy groups -OCH3 is 1. The number of fused-ring (bicyclic) bond motifs is 1. The topological polar surface area (TPSA) is 86.1 Å². The highest BCUT2D eigenvalue weighted by molar-refractivity contribution is 6.01. The fourth-order valence-corrected chi connectivity index (χ4v) is 4.02. The Hall–Kier alpha value is -4.00. The lowest BCUT2D eigenvalue weighted by molar-refractivity contribution is -0.116. The van der Waals surface area contributed by atoms with Crippen LogP contribution in [0.2, 0.25) is 0 Å². The van der Waals surface area contributed by atoms with Crippen LogP contribution in [0.1, 0.15) is 45.6 Å². The van der Waals surface area contributed by atoms with Crippen molar-refractivity contribution in [2.45, 2.75) is 40.5 Å². The van der Waals surface area contributed by atoms with Gasteiger partial charge in [-0.3, -0.25) is 9.59 Å². The normalized spacial score (nSPS) is 11.0. The molecule has 34 heavy (non-hydrogen) atoms. The molecule has 0 saturated heterocycles. The second-order valence-corrected chi connectivity index (χ2v) is 8.53. The molecular weight excluding hydrogens is 428 g/mol. The number of hydrogen-bond acceptors (Lipinski definition) is 5. The molecule has 0 aliphatic heterocycles. The van der Waals surface area contributed by atoms with Crippen molar-refractivity contribution in [2.75, 3.05) is 12.4 Å². The second-order valence-electron chi connectivity index (χ2n) is 8.53. The van der Waals surface area contributed by atoms with E-state index in [1.54, 1.807) is 22.9 Å². The number of hydrogen-bond donors (Lipinski definition) is 1. The Bertz CT molecular complexity index is 1400. The number of anilines is 1. The number of aryl methyl sites for hydroxylation is 4. The van der Waals surface area contributed by atoms with Crippen molar-refractivity contribution in [3.63, 3.8) is 0 Å². The summed E-state index contributed by atoms with van der Waals surface area (Å²) in [5, 5.41) is 8.53. The molecule has 0 unspecified atom stereocenters. The van der Waals surface area contributed by atoms with E-state index in [9.17, 15) is 9.59 Å². The van der Waals surface area contributed by atoms with Gasteiger partial charge in [-0.15, -0.1) is 0 Å². The van der Waals surface area contributed by atoms with Gasteiger partial charge in [0.1, 0.15) is 11.6 Å². The van der Waals surface area contributed by atoms with Crippen molar-refractivity contribution in [1.82, 2.24) is 14.8 Å². The summed E-state index contributed by atoms with van der Waals surface area (Å²) in [7, 11) is 1.53. The van der Waals surface area contributed by atoms with Crippen LogP contribution in [0.25, 0.3) is 16.7 Å². The molecule has 2 aromatic heterocycles. The zero-order chi connectivity index (χ0) is 24.4. The van der Waals surface area contributed by atoms with Crippen LogP contribution in [0.3, 0.4) is 0 Å². The van der Waals surface area contributed by atoms with Crippen molar-refractivity contribution in [1.29, 1.82) is 0 Å². The minimum Gasteiger partial charge on any atom is -0.496 e. The molecule has 4 rings (SSSR count). The van der Waals surface area contributed by atoms with E-state index in [2.05, 4.69) is 10.4 Å². The van der Waals surface area contributed by atoms with E-state index in [0.29, 0.717) is 22.9 Å². The number of amides is 1. The number of nitrogens with zero attached hydrogens (tertiary/aromatic N) is 3. The fraction of sp³-hybridized carbons (Fsp3) is 0.259. The zero-order valence-electron chi connectivity index (χ0n) is 20.1. The first-order chi connectivity index (χ1) is 16.3. The number of ketones is 1. The molecule has 0 aliphatic rings. The quantitative estimate of drug-likeness (QED) is 0.383. The van der Waals surface area contributed by atoms with Crippen LogP contribution in [-0.4, -0.2) is 33.6 Å². The Morgan fingerprint density at radius 2 is 1.76 bits per heavy atom. The summed E-state index contributed by atoms with van der Waals surface area (Å²) in [4.78, 5) is 30.3. The van der Waals surface area contributed by atoms with Crippen molar-refractivity contribution in [3.05, 3.63) is 76.5 Å². The van der Waals surface area contributed by atoms with E-state index < -0.39 is 0 Å². The molecule has 7 nitrogen and oxygen atoms in total. The maximum atomic E-state index is 12.7. The molecule has 174 valence electrons. The van der Waals surface area contributed by atoms with Crippen LogP contribution in [0, 0.1) is 27.7 Å². The van der Waals surface area contributed by atoms with Crippen LogP contribution in [0.4, 0.5) is 5.82 Å². The van der Waals surface area contributed by atoms with Crippen LogP contribution >= 0.6 is 0 Å². The predicted molar refractivity (Wildman–Crippen MR) is 133 cm³/mol. The van der Waals surface area contributed by atoms with Gasteiger partial charge in [-0.25, -0.2) is 4.98 Å². The Morgan fingerprint density at radius 3 is 2.53 bits per heavy atom. The lowest BCUT2D eigenvalue weighted by atomic mass is 10.0. The summed E-state index contributed by atoms with van der Waals surface area (Å²) in [6, 6.07) is 15.3. The van der Waals surface area contributed by atoms with Crippen LogP contribution < -0.4 is 10.1 Å². The first-order valence-corrected chi connectivity index (χ1v) is 11.2. The summed E-state index contributed by atoms with van der Waals surface area (Å²) in [5.41, 5.74) is 5.25. The predicted octanol–water partition coefficient (Wildman–Crippen LogP) is 5.26. The number of nitrogens with one attached hydrogen (secondary N) is 1. The smallest absolute Gasteiger partial charge is 0.225 e. The zero-order valence-corrected chi connectivity index (χ0v) is 20.1. The highest BCUT2D eigenvalue weighted by atomic mass is 16.5. The van der Waals surface area contributed by atoms with Gasteiger partial charge >= 0.3 is 0 Å². The highest BCUT2D eigenvalue weighted by Crippen LogP contribution is 2.25. The molecule has 0 aliphatic carbocycles. The largest absolute Gasteiger partial charge is 0.496 e. The molecule has 2 aromatic carbocycles. The lowest BCUT2D eigenvalue weighted by Gasteiger charge is -2.12. The van der Waals surface area contributed by atoms with Gasteiger partial charge in [0.25, 0.3) is 0 Å². The molecule has 0 fully saturated rings. The van der Waals surface area contributed by atoms with E-state index in [0.717, 1.165) is 33.3 Å². The molecule has 0 saturated carbocycles. The van der Waals surface area contributed by atoms with Crippen LogP contribution in [0.5, 0.6) is 5.75 Å². The number of aromatic nitrogens is 3. The van der Waals surface area contributed by atoms with Crippen molar-refractivity contribution in [3.8, 4) is 11.6 Å². The van der Waals surface area contributed by atoms with Gasteiger partial charge in [0.2, 0.25) is 5.91 Å². The first-order valence-electron chi connectivity index (χ1n) is 11.2. The molecule has 1 N–H and O–H groups in total. The minimum atomic E-state index is -0.269. The Kier molecular flexibility index (Phi) is 6.45. The van der Waals surface area contributed by atoms with Gasteiger partial charge in [0, 0.05) is 24.3 Å². The van der Waals surface area contributed by atoms with Crippen molar-refractivity contribution >= 4 is 28.4 Å². The fourth-order valence-electron chi connectivity index (χ4n) is 4.02. The van der Waals surface area contributed by atoms with E-state index >= 15 is 0 Å². The number of benzene rings is 2. The molecule has 0 bridgehead atoms. The van der Waals surface area contributed by atoms with Crippen molar-refractivity contribution < 1.29 is 14.3 Å². The average Bonchev–Trinajstić information content (AvgIpc) is 3.17. The summed E-state index contributed by atoms with van der Waals surface area (Å²) >= 11 is 0. The number of para-hydroxylation sites is 1. The maximum Gasteiger partial charge on any atom is 0.225 e. The summed E-state index contributed by atoms with van der Waals surface area (Å²) in [5.74, 6) is 1.25. The maximum absolute atomic E-state index is 12.7. The first kappa shape index (κ1) is 23.2. The Labute approximate surface area is 198 Å². The molecule has 7 heteroatoms. The number of carbonyl (C=O) groups excluding carboxylic acids is 2. The highest BCUT2D eigenvalue weighted by Gasteiger charge is 2.17. The molecule has 0 radical (unpaired) electrons. The Balaban J connectivity index is 1.54. The van der Waals surface area contributed by atoms with E-state index in [1.807, 2.05) is 58.0 Å². The molecule has 0 spiro atoms. The SMILES string of the molecule is COc1ccc(C)cc1C(=O)CCC(=O)Nc1cc(C)nn1-c1cc(C)c2cccc(C)c2n1. The second kappa shape index (κ2) is 9.47. The van der Waals surface area contributed by atoms with E-state index in [1.165, 1.54) is 7.11 Å². The number of carbonyl (C=O) groups is 2. The number of ether oxygens (including phenoxy) is 1. The minimum absolute atomic E-state index is 0.0451. The average molecular weight is 457 g/mol. The van der Waals surface area contributed by atoms with E-state index in [-0.39, 0.29) is 24.5 Å². The summed E-state index contributed by atoms with van der Waals surface area (Å²) in [6.45, 7) is 7.83. The van der Waals surface area contributed by atoms with Crippen LogP contribution in [-0.2, 0) is 4.79 Å². The van der Waals surface area contributed by atoms with Crippen molar-refractivity contribution in [2.24, 2.45) is 0 Å². The van der Waals surface area contributed by atoms with Crippen LogP contribution in [0.15, 0.2) is 48.5 Å². The van der Waals surface area contributed by atoms with E-state index in [4.69, 9.17) is 9.72 Å². The molecular formula is C27H28N4O3.